The Balaban J connectivity index is 2.28. The molecule has 0 amide bonds. The Morgan fingerprint density at radius 2 is 2.25 bits per heavy atom. The van der Waals surface area contributed by atoms with Crippen molar-refractivity contribution in [3.63, 3.8) is 0 Å². The first-order chi connectivity index (χ1) is 11.4. The van der Waals surface area contributed by atoms with Gasteiger partial charge < -0.3 is 19.3 Å². The van der Waals surface area contributed by atoms with Gasteiger partial charge in [0.2, 0.25) is 0 Å². The Labute approximate surface area is 147 Å². The normalized spacial score (nSPS) is 18.6. The lowest BCUT2D eigenvalue weighted by Crippen LogP contribution is -2.45. The first-order valence-electron chi connectivity index (χ1n) is 7.97. The third-order valence-corrected chi connectivity index (χ3v) is 4.02. The number of rotatable bonds is 7. The minimum absolute atomic E-state index is 0.0154. The zero-order valence-corrected chi connectivity index (χ0v) is 15.0. The summed E-state index contributed by atoms with van der Waals surface area (Å²) < 4.78 is 16.8. The number of aliphatic carboxylic acids is 1. The molecule has 1 aliphatic rings. The molecule has 0 bridgehead atoms. The lowest BCUT2D eigenvalue weighted by molar-refractivity contribution is -0.140. The van der Waals surface area contributed by atoms with Crippen molar-refractivity contribution in [1.29, 1.82) is 0 Å². The summed E-state index contributed by atoms with van der Waals surface area (Å²) in [6.45, 7) is 6.06. The second-order valence-corrected chi connectivity index (χ2v) is 6.50. The average Bonchev–Trinajstić information content (AvgIpc) is 2.50. The number of carboxylic acids is 1. The first-order valence-corrected chi connectivity index (χ1v) is 8.35. The van der Waals surface area contributed by atoms with Gasteiger partial charge in [0, 0.05) is 35.8 Å². The minimum Gasteiger partial charge on any atom is -0.493 e. The molecule has 24 heavy (non-hydrogen) atoms. The van der Waals surface area contributed by atoms with Gasteiger partial charge in [-0.3, -0.25) is 9.69 Å². The minimum atomic E-state index is -0.835. The van der Waals surface area contributed by atoms with Crippen LogP contribution in [-0.4, -0.2) is 55.0 Å². The van der Waals surface area contributed by atoms with Crippen molar-refractivity contribution in [2.24, 2.45) is 0 Å². The highest BCUT2D eigenvalue weighted by molar-refractivity contribution is 6.30. The van der Waals surface area contributed by atoms with E-state index in [1.807, 2.05) is 19.9 Å². The van der Waals surface area contributed by atoms with E-state index < -0.39 is 5.97 Å². The van der Waals surface area contributed by atoms with E-state index in [4.69, 9.17) is 30.9 Å². The van der Waals surface area contributed by atoms with Crippen LogP contribution >= 0.6 is 11.6 Å². The number of morpholine rings is 1. The Morgan fingerprint density at radius 3 is 2.88 bits per heavy atom. The molecule has 1 saturated heterocycles. The largest absolute Gasteiger partial charge is 0.493 e. The number of ether oxygens (including phenoxy) is 3. The van der Waals surface area contributed by atoms with Gasteiger partial charge in [0.05, 0.1) is 32.8 Å². The number of carbonyl (C=O) groups is 1. The molecule has 1 fully saturated rings. The number of methoxy groups -OCH3 is 1. The maximum absolute atomic E-state index is 11.1. The van der Waals surface area contributed by atoms with E-state index in [2.05, 4.69) is 4.90 Å². The molecule has 0 radical (unpaired) electrons. The topological polar surface area (TPSA) is 68.2 Å². The van der Waals surface area contributed by atoms with E-state index in [9.17, 15) is 4.79 Å². The monoisotopic (exact) mass is 357 g/mol. The molecular formula is C17H24ClNO5. The summed E-state index contributed by atoms with van der Waals surface area (Å²) in [5.74, 6) is 0.393. The van der Waals surface area contributed by atoms with Crippen LogP contribution in [0.3, 0.4) is 0 Å². The molecule has 134 valence electrons. The first kappa shape index (κ1) is 18.8. The zero-order chi connectivity index (χ0) is 17.7. The Bertz CT molecular complexity index is 578. The lowest BCUT2D eigenvalue weighted by Gasteiger charge is -2.35. The molecule has 1 N–H and O–H groups in total. The number of benzene rings is 1. The molecular weight excluding hydrogens is 334 g/mol. The third-order valence-electron chi connectivity index (χ3n) is 3.80. The van der Waals surface area contributed by atoms with Crippen LogP contribution in [0.5, 0.6) is 11.5 Å². The van der Waals surface area contributed by atoms with Gasteiger partial charge in [-0.25, -0.2) is 0 Å². The molecule has 1 aromatic carbocycles. The van der Waals surface area contributed by atoms with Gasteiger partial charge in [0.1, 0.15) is 0 Å². The maximum Gasteiger partial charge on any atom is 0.305 e. The van der Waals surface area contributed by atoms with E-state index in [0.717, 1.165) is 5.56 Å². The second kappa shape index (κ2) is 8.55. The number of carboxylic acid groups (broad SMARTS) is 1. The molecule has 1 heterocycles. The fourth-order valence-electron chi connectivity index (χ4n) is 2.77. The van der Waals surface area contributed by atoms with Gasteiger partial charge in [-0.15, -0.1) is 0 Å². The molecule has 1 atom stereocenters. The van der Waals surface area contributed by atoms with Gasteiger partial charge in [-0.2, -0.15) is 0 Å². The quantitative estimate of drug-likeness (QED) is 0.809. The molecule has 2 rings (SSSR count). The Kier molecular flexibility index (Phi) is 6.71. The second-order valence-electron chi connectivity index (χ2n) is 6.06. The Hall–Kier alpha value is -1.50. The fourth-order valence-corrected chi connectivity index (χ4v) is 3.00. The van der Waals surface area contributed by atoms with Gasteiger partial charge in [0.25, 0.3) is 0 Å². The maximum atomic E-state index is 11.1. The highest BCUT2D eigenvalue weighted by Crippen LogP contribution is 2.36. The molecule has 0 aromatic heterocycles. The molecule has 1 unspecified atom stereocenters. The summed E-state index contributed by atoms with van der Waals surface area (Å²) in [6.07, 6.45) is 0.0243. The average molecular weight is 358 g/mol. The van der Waals surface area contributed by atoms with E-state index in [1.165, 1.54) is 0 Å². The van der Waals surface area contributed by atoms with Crippen LogP contribution < -0.4 is 9.47 Å². The van der Waals surface area contributed by atoms with Gasteiger partial charge in [0.15, 0.2) is 11.5 Å². The standard InChI is InChI=1S/C17H24ClNO5/c1-11(2)24-17-12(6-13(18)7-15(17)22-3)9-19-4-5-23-10-14(19)8-16(20)21/h6-7,11,14H,4-5,8-10H2,1-3H3,(H,20,21). The highest BCUT2D eigenvalue weighted by atomic mass is 35.5. The van der Waals surface area contributed by atoms with E-state index in [1.54, 1.807) is 13.2 Å². The smallest absolute Gasteiger partial charge is 0.305 e. The summed E-state index contributed by atoms with van der Waals surface area (Å²) in [6, 6.07) is 3.39. The zero-order valence-electron chi connectivity index (χ0n) is 14.3. The van der Waals surface area contributed by atoms with Crippen LogP contribution in [0.25, 0.3) is 0 Å². The highest BCUT2D eigenvalue weighted by Gasteiger charge is 2.27. The lowest BCUT2D eigenvalue weighted by atomic mass is 10.1. The fraction of sp³-hybridized carbons (Fsp3) is 0.588. The summed E-state index contributed by atoms with van der Waals surface area (Å²) >= 11 is 6.20. The number of hydrogen-bond acceptors (Lipinski definition) is 5. The predicted octanol–water partition coefficient (Wildman–Crippen LogP) is 2.81. The summed E-state index contributed by atoms with van der Waals surface area (Å²) in [5, 5.41) is 9.66. The summed E-state index contributed by atoms with van der Waals surface area (Å²) in [4.78, 5) is 13.2. The van der Waals surface area contributed by atoms with E-state index in [-0.39, 0.29) is 18.6 Å². The van der Waals surface area contributed by atoms with Crippen LogP contribution in [-0.2, 0) is 16.1 Å². The molecule has 0 spiro atoms. The van der Waals surface area contributed by atoms with Gasteiger partial charge >= 0.3 is 5.97 Å². The molecule has 1 aliphatic heterocycles. The van der Waals surface area contributed by atoms with E-state index >= 15 is 0 Å². The van der Waals surface area contributed by atoms with Crippen molar-refractivity contribution < 1.29 is 24.1 Å². The molecule has 0 saturated carbocycles. The number of nitrogens with zero attached hydrogens (tertiary/aromatic N) is 1. The van der Waals surface area contributed by atoms with E-state index in [0.29, 0.717) is 42.8 Å². The summed E-state index contributed by atoms with van der Waals surface area (Å²) in [5.41, 5.74) is 0.880. The third kappa shape index (κ3) is 5.00. The number of hydrogen-bond donors (Lipinski definition) is 1. The van der Waals surface area contributed by atoms with Crippen molar-refractivity contribution in [1.82, 2.24) is 4.90 Å². The van der Waals surface area contributed by atoms with Crippen molar-refractivity contribution >= 4 is 17.6 Å². The van der Waals surface area contributed by atoms with Crippen molar-refractivity contribution in [3.8, 4) is 11.5 Å². The van der Waals surface area contributed by atoms with Crippen LogP contribution in [0.2, 0.25) is 5.02 Å². The number of halogens is 1. The van der Waals surface area contributed by atoms with Crippen LogP contribution in [0.1, 0.15) is 25.8 Å². The molecule has 7 heteroatoms. The van der Waals surface area contributed by atoms with Crippen molar-refractivity contribution in [2.45, 2.75) is 39.0 Å². The van der Waals surface area contributed by atoms with Gasteiger partial charge in [-0.05, 0) is 19.9 Å². The Morgan fingerprint density at radius 1 is 1.50 bits per heavy atom. The summed E-state index contributed by atoms with van der Waals surface area (Å²) in [7, 11) is 1.57. The van der Waals surface area contributed by atoms with Crippen LogP contribution in [0, 0.1) is 0 Å². The molecule has 1 aromatic rings. The predicted molar refractivity (Wildman–Crippen MR) is 91.0 cm³/mol. The van der Waals surface area contributed by atoms with Crippen molar-refractivity contribution in [2.75, 3.05) is 26.9 Å². The van der Waals surface area contributed by atoms with Crippen LogP contribution in [0.4, 0.5) is 0 Å². The van der Waals surface area contributed by atoms with Gasteiger partial charge in [-0.1, -0.05) is 11.6 Å². The van der Waals surface area contributed by atoms with Crippen molar-refractivity contribution in [3.05, 3.63) is 22.7 Å². The molecule has 6 nitrogen and oxygen atoms in total. The van der Waals surface area contributed by atoms with Crippen LogP contribution in [0.15, 0.2) is 12.1 Å². The molecule has 0 aliphatic carbocycles. The SMILES string of the molecule is COc1cc(Cl)cc(CN2CCOCC2CC(=O)O)c1OC(C)C.